The number of nitrogens with zero attached hydrogens (tertiary/aromatic N) is 2. The summed E-state index contributed by atoms with van der Waals surface area (Å²) >= 11 is 0. The molecule has 0 aliphatic heterocycles. The van der Waals surface area contributed by atoms with E-state index in [0.29, 0.717) is 5.76 Å². The molecule has 3 aromatic rings. The molecule has 3 rings (SSSR count). The molecular weight excluding hydrogens is 370 g/mol. The lowest BCUT2D eigenvalue weighted by Crippen LogP contribution is -2.39. The summed E-state index contributed by atoms with van der Waals surface area (Å²) in [7, 11) is -2.54. The highest BCUT2D eigenvalue weighted by molar-refractivity contribution is 7.89. The number of furan rings is 1. The molecule has 27 heavy (non-hydrogen) atoms. The topological polar surface area (TPSA) is 106 Å². The zero-order chi connectivity index (χ0) is 19.8. The molecule has 0 saturated carbocycles. The second kappa shape index (κ2) is 7.16. The van der Waals surface area contributed by atoms with Gasteiger partial charge in [0.1, 0.15) is 21.9 Å². The third-order valence-corrected chi connectivity index (χ3v) is 6.30. The molecule has 0 aliphatic carbocycles. The van der Waals surface area contributed by atoms with Crippen molar-refractivity contribution in [3.63, 3.8) is 0 Å². The van der Waals surface area contributed by atoms with Crippen LogP contribution in [-0.4, -0.2) is 37.4 Å². The number of rotatable bonds is 6. The van der Waals surface area contributed by atoms with Gasteiger partial charge in [0.2, 0.25) is 15.9 Å². The number of nitrogens with one attached hydrogen (secondary N) is 1. The van der Waals surface area contributed by atoms with Crippen molar-refractivity contribution >= 4 is 26.9 Å². The third kappa shape index (κ3) is 3.74. The number of aryl methyl sites for hydroxylation is 2. The van der Waals surface area contributed by atoms with E-state index < -0.39 is 22.0 Å². The Morgan fingerprint density at radius 3 is 2.63 bits per heavy atom. The van der Waals surface area contributed by atoms with Gasteiger partial charge in [-0.25, -0.2) is 8.42 Å². The first kappa shape index (κ1) is 19.1. The normalized spacial score (nSPS) is 13.2. The first-order valence-electron chi connectivity index (χ1n) is 8.37. The number of likely N-dealkylation sites (N-methyl/N-ethyl adjacent to an activating group) is 1. The maximum absolute atomic E-state index is 12.7. The van der Waals surface area contributed by atoms with Gasteiger partial charge < -0.3 is 14.3 Å². The summed E-state index contributed by atoms with van der Waals surface area (Å²) in [5.41, 5.74) is 0.988. The first-order chi connectivity index (χ1) is 12.7. The number of hydrogen-bond acceptors (Lipinski definition) is 6. The van der Waals surface area contributed by atoms with Crippen LogP contribution in [0.4, 0.5) is 0 Å². The van der Waals surface area contributed by atoms with Crippen molar-refractivity contribution in [2.45, 2.75) is 31.7 Å². The maximum Gasteiger partial charge on any atom is 0.248 e. The average Bonchev–Trinajstić information content (AvgIpc) is 3.18. The fourth-order valence-electron chi connectivity index (χ4n) is 2.86. The number of carbonyl (C=O) groups excluding carboxylic acids is 1. The number of amides is 1. The minimum Gasteiger partial charge on any atom is -0.459 e. The summed E-state index contributed by atoms with van der Waals surface area (Å²) in [4.78, 5) is 12.3. The van der Waals surface area contributed by atoms with Crippen LogP contribution in [0, 0.1) is 13.8 Å². The van der Waals surface area contributed by atoms with Gasteiger partial charge in [-0.2, -0.15) is 4.31 Å². The van der Waals surface area contributed by atoms with Crippen LogP contribution in [0.3, 0.4) is 0 Å². The number of carbonyl (C=O) groups is 1. The molecule has 144 valence electrons. The molecule has 0 radical (unpaired) electrons. The van der Waals surface area contributed by atoms with Gasteiger partial charge in [0.15, 0.2) is 5.76 Å². The lowest BCUT2D eigenvalue weighted by atomic mass is 10.2. The largest absolute Gasteiger partial charge is 0.459 e. The Hall–Kier alpha value is -2.65. The van der Waals surface area contributed by atoms with Crippen LogP contribution < -0.4 is 5.32 Å². The molecule has 2 heterocycles. The van der Waals surface area contributed by atoms with Crippen molar-refractivity contribution in [1.82, 2.24) is 14.8 Å². The second-order valence-electron chi connectivity index (χ2n) is 6.39. The molecule has 1 atom stereocenters. The van der Waals surface area contributed by atoms with E-state index in [1.165, 1.54) is 14.0 Å². The number of para-hydroxylation sites is 1. The highest BCUT2D eigenvalue weighted by Gasteiger charge is 2.30. The molecule has 0 spiro atoms. The van der Waals surface area contributed by atoms with E-state index in [1.54, 1.807) is 13.8 Å². The Bertz CT molecular complexity index is 1030. The van der Waals surface area contributed by atoms with Crippen LogP contribution >= 0.6 is 0 Å². The Morgan fingerprint density at radius 1 is 1.30 bits per heavy atom. The van der Waals surface area contributed by atoms with Crippen molar-refractivity contribution in [2.75, 3.05) is 13.6 Å². The monoisotopic (exact) mass is 391 g/mol. The molecule has 1 aromatic carbocycles. The lowest BCUT2D eigenvalue weighted by molar-refractivity contribution is -0.121. The van der Waals surface area contributed by atoms with Gasteiger partial charge in [-0.1, -0.05) is 23.4 Å². The predicted molar refractivity (Wildman–Crippen MR) is 98.6 cm³/mol. The van der Waals surface area contributed by atoms with Crippen molar-refractivity contribution in [2.24, 2.45) is 0 Å². The summed E-state index contributed by atoms with van der Waals surface area (Å²) in [6.45, 7) is 4.50. The van der Waals surface area contributed by atoms with Gasteiger partial charge in [0.25, 0.3) is 0 Å². The summed E-state index contributed by atoms with van der Waals surface area (Å²) in [6, 6.07) is 8.98. The van der Waals surface area contributed by atoms with Crippen LogP contribution in [-0.2, 0) is 14.8 Å². The predicted octanol–water partition coefficient (Wildman–Crippen LogP) is 2.54. The smallest absolute Gasteiger partial charge is 0.248 e. The van der Waals surface area contributed by atoms with Gasteiger partial charge in [0.05, 0.1) is 12.6 Å². The van der Waals surface area contributed by atoms with Gasteiger partial charge in [-0.05, 0) is 32.9 Å². The Balaban J connectivity index is 1.69. The highest BCUT2D eigenvalue weighted by Crippen LogP contribution is 2.24. The summed E-state index contributed by atoms with van der Waals surface area (Å²) in [5.74, 6) is 0.344. The molecular formula is C18H21N3O5S. The van der Waals surface area contributed by atoms with E-state index >= 15 is 0 Å². The molecule has 0 bridgehead atoms. The van der Waals surface area contributed by atoms with Crippen molar-refractivity contribution < 1.29 is 22.2 Å². The minimum atomic E-state index is -3.88. The van der Waals surface area contributed by atoms with Crippen LogP contribution in [0.1, 0.15) is 30.2 Å². The van der Waals surface area contributed by atoms with Crippen molar-refractivity contribution in [3.05, 3.63) is 47.5 Å². The maximum atomic E-state index is 12.7. The molecule has 0 fully saturated rings. The molecule has 0 saturated heterocycles. The first-order valence-corrected chi connectivity index (χ1v) is 9.81. The van der Waals surface area contributed by atoms with Crippen molar-refractivity contribution in [3.8, 4) is 0 Å². The number of hydrogen-bond donors (Lipinski definition) is 1. The SMILES string of the molecule is Cc1noc(C)c1S(=O)(=O)N(C)CC(=O)NC(C)c1cc2ccccc2o1. The Morgan fingerprint density at radius 2 is 2.00 bits per heavy atom. The van der Waals surface area contributed by atoms with Gasteiger partial charge in [0, 0.05) is 12.4 Å². The minimum absolute atomic E-state index is 0.0110. The van der Waals surface area contributed by atoms with Crippen LogP contribution in [0.25, 0.3) is 11.0 Å². The van der Waals surface area contributed by atoms with Gasteiger partial charge in [-0.3, -0.25) is 4.79 Å². The fourth-order valence-corrected chi connectivity index (χ4v) is 4.27. The third-order valence-electron chi connectivity index (χ3n) is 4.25. The van der Waals surface area contributed by atoms with E-state index in [-0.39, 0.29) is 22.9 Å². The highest BCUT2D eigenvalue weighted by atomic mass is 32.2. The number of sulfonamides is 1. The Kier molecular flexibility index (Phi) is 5.07. The zero-order valence-corrected chi connectivity index (χ0v) is 16.3. The molecule has 1 unspecified atom stereocenters. The van der Waals surface area contributed by atoms with Crippen LogP contribution in [0.2, 0.25) is 0 Å². The molecule has 1 N–H and O–H groups in total. The van der Waals surface area contributed by atoms with Crippen molar-refractivity contribution in [1.29, 1.82) is 0 Å². The molecule has 0 aliphatic rings. The van der Waals surface area contributed by atoms with Gasteiger partial charge in [-0.15, -0.1) is 0 Å². The van der Waals surface area contributed by atoms with E-state index in [4.69, 9.17) is 8.94 Å². The number of fused-ring (bicyclic) bond motifs is 1. The van der Waals surface area contributed by atoms with E-state index in [0.717, 1.165) is 15.3 Å². The van der Waals surface area contributed by atoms with E-state index in [9.17, 15) is 13.2 Å². The molecule has 1 amide bonds. The molecule has 2 aromatic heterocycles. The summed E-state index contributed by atoms with van der Waals surface area (Å²) in [6.07, 6.45) is 0. The van der Waals surface area contributed by atoms with Gasteiger partial charge >= 0.3 is 0 Å². The van der Waals surface area contributed by atoms with Crippen LogP contribution in [0.15, 0.2) is 44.2 Å². The summed E-state index contributed by atoms with van der Waals surface area (Å²) in [5, 5.41) is 7.35. The standard InChI is InChI=1S/C18H21N3O5S/c1-11(16-9-14-7-5-6-8-15(14)25-16)19-17(22)10-21(4)27(23,24)18-12(2)20-26-13(18)3/h5-9,11H,10H2,1-4H3,(H,19,22). The average molecular weight is 391 g/mol. The fraction of sp³-hybridized carbons (Fsp3) is 0.333. The van der Waals surface area contributed by atoms with E-state index in [1.807, 2.05) is 30.3 Å². The van der Waals surface area contributed by atoms with E-state index in [2.05, 4.69) is 10.5 Å². The molecule has 8 nitrogen and oxygen atoms in total. The lowest BCUT2D eigenvalue weighted by Gasteiger charge is -2.18. The van der Waals surface area contributed by atoms with Crippen LogP contribution in [0.5, 0.6) is 0 Å². The number of aromatic nitrogens is 1. The summed E-state index contributed by atoms with van der Waals surface area (Å²) < 4.78 is 37.0. The molecule has 9 heteroatoms. The Labute approximate surface area is 157 Å². The quantitative estimate of drug-likeness (QED) is 0.692. The number of benzene rings is 1. The zero-order valence-electron chi connectivity index (χ0n) is 15.5. The second-order valence-corrected chi connectivity index (χ2v) is 8.37.